The Morgan fingerprint density at radius 1 is 1.23 bits per heavy atom. The van der Waals surface area contributed by atoms with E-state index in [1.807, 2.05) is 13.8 Å². The number of sulfone groups is 1. The molecule has 0 spiro atoms. The molecule has 0 atom stereocenters. The smallest absolute Gasteiger partial charge is 0.419 e. The van der Waals surface area contributed by atoms with Gasteiger partial charge < -0.3 is 9.47 Å². The van der Waals surface area contributed by atoms with Crippen LogP contribution in [-0.4, -0.2) is 49.2 Å². The molecule has 1 aromatic carbocycles. The minimum Gasteiger partial charge on any atom is -0.461 e. The van der Waals surface area contributed by atoms with Gasteiger partial charge in [-0.15, -0.1) is 0 Å². The minimum absolute atomic E-state index is 0.0176. The van der Waals surface area contributed by atoms with Crippen molar-refractivity contribution in [2.24, 2.45) is 10.9 Å². The van der Waals surface area contributed by atoms with Gasteiger partial charge in [-0.1, -0.05) is 37.6 Å². The van der Waals surface area contributed by atoms with Crippen molar-refractivity contribution in [3.05, 3.63) is 45.7 Å². The summed E-state index contributed by atoms with van der Waals surface area (Å²) in [4.78, 5) is 31.3. The Kier molecular flexibility index (Phi) is 7.53. The Morgan fingerprint density at radius 2 is 1.89 bits per heavy atom. The summed E-state index contributed by atoms with van der Waals surface area (Å²) in [5, 5.41) is 0.240. The molecule has 1 aliphatic rings. The van der Waals surface area contributed by atoms with E-state index in [4.69, 9.17) is 21.1 Å². The Balaban J connectivity index is 2.33. The van der Waals surface area contributed by atoms with Crippen LogP contribution in [0.15, 0.2) is 23.2 Å². The van der Waals surface area contributed by atoms with Crippen LogP contribution in [0, 0.1) is 5.92 Å². The van der Waals surface area contributed by atoms with Gasteiger partial charge in [-0.2, -0.15) is 0 Å². The number of hydrogen-bond donors (Lipinski definition) is 0. The van der Waals surface area contributed by atoms with Crippen molar-refractivity contribution in [3.63, 3.8) is 0 Å². The van der Waals surface area contributed by atoms with Crippen molar-refractivity contribution in [2.75, 3.05) is 12.9 Å². The van der Waals surface area contributed by atoms with E-state index in [0.717, 1.165) is 6.26 Å². The molecule has 35 heavy (non-hydrogen) atoms. The van der Waals surface area contributed by atoms with Crippen molar-refractivity contribution < 1.29 is 27.5 Å². The van der Waals surface area contributed by atoms with Gasteiger partial charge in [0.1, 0.15) is 11.3 Å². The van der Waals surface area contributed by atoms with Crippen molar-refractivity contribution >= 4 is 39.2 Å². The summed E-state index contributed by atoms with van der Waals surface area (Å²) in [6, 6.07) is 4.91. The van der Waals surface area contributed by atoms with Crippen LogP contribution in [-0.2, 0) is 31.6 Å². The van der Waals surface area contributed by atoms with Crippen molar-refractivity contribution in [3.8, 4) is 11.1 Å². The predicted molar refractivity (Wildman–Crippen MR) is 136 cm³/mol. The van der Waals surface area contributed by atoms with E-state index in [-0.39, 0.29) is 35.5 Å². The third-order valence-corrected chi connectivity index (χ3v) is 6.46. The van der Waals surface area contributed by atoms with Gasteiger partial charge in [-0.25, -0.2) is 22.6 Å². The molecule has 1 aromatic heterocycles. The highest BCUT2D eigenvalue weighted by atomic mass is 35.5. The molecular weight excluding hydrogens is 492 g/mol. The van der Waals surface area contributed by atoms with Crippen molar-refractivity contribution in [2.45, 2.75) is 59.4 Å². The number of aliphatic imine (C=N–C) groups is 1. The first-order valence-corrected chi connectivity index (χ1v) is 13.8. The van der Waals surface area contributed by atoms with Gasteiger partial charge in [0, 0.05) is 22.4 Å². The zero-order valence-corrected chi connectivity index (χ0v) is 22.6. The topological polar surface area (TPSA) is 104 Å². The fraction of sp³-hybridized carbons (Fsp3) is 0.480. The van der Waals surface area contributed by atoms with E-state index in [1.54, 1.807) is 45.9 Å². The third kappa shape index (κ3) is 5.78. The highest BCUT2D eigenvalue weighted by Gasteiger charge is 2.38. The Labute approximate surface area is 211 Å². The lowest BCUT2D eigenvalue weighted by molar-refractivity contribution is 0.0449. The quantitative estimate of drug-likeness (QED) is 0.478. The van der Waals surface area contributed by atoms with Gasteiger partial charge in [-0.05, 0) is 50.8 Å². The molecule has 190 valence electrons. The maximum atomic E-state index is 13.4. The highest BCUT2D eigenvalue weighted by molar-refractivity contribution is 7.89. The number of esters is 1. The number of ether oxygens (including phenoxy) is 2. The van der Waals surface area contributed by atoms with E-state index < -0.39 is 27.5 Å². The molecule has 0 fully saturated rings. The molecule has 8 nitrogen and oxygen atoms in total. The molecule has 0 saturated carbocycles. The van der Waals surface area contributed by atoms with E-state index in [2.05, 4.69) is 4.99 Å². The molecule has 10 heteroatoms. The van der Waals surface area contributed by atoms with Gasteiger partial charge >= 0.3 is 12.1 Å². The van der Waals surface area contributed by atoms with Crippen LogP contribution in [0.3, 0.4) is 0 Å². The number of hydrogen-bond acceptors (Lipinski definition) is 7. The number of halogens is 1. The molecule has 0 aliphatic carbocycles. The van der Waals surface area contributed by atoms with Crippen LogP contribution in [0.1, 0.15) is 68.9 Å². The third-order valence-electron chi connectivity index (χ3n) is 5.27. The van der Waals surface area contributed by atoms with Crippen LogP contribution in [0.25, 0.3) is 11.1 Å². The largest absolute Gasteiger partial charge is 0.461 e. The summed E-state index contributed by atoms with van der Waals surface area (Å²) in [6.07, 6.45) is 0.424. The second-order valence-corrected chi connectivity index (χ2v) is 12.4. The molecule has 0 bridgehead atoms. The Bertz CT molecular complexity index is 1320. The predicted octanol–water partition coefficient (Wildman–Crippen LogP) is 5.27. The molecule has 1 aliphatic heterocycles. The molecule has 0 saturated heterocycles. The fourth-order valence-electron chi connectivity index (χ4n) is 4.03. The second kappa shape index (κ2) is 9.78. The summed E-state index contributed by atoms with van der Waals surface area (Å²) in [6.45, 7) is 11.2. The van der Waals surface area contributed by atoms with Crippen LogP contribution in [0.5, 0.6) is 0 Å². The number of rotatable bonds is 6. The van der Waals surface area contributed by atoms with Crippen molar-refractivity contribution in [1.29, 1.82) is 0 Å². The summed E-state index contributed by atoms with van der Waals surface area (Å²) in [5.74, 6) is -0.910. The van der Waals surface area contributed by atoms with Gasteiger partial charge in [-0.3, -0.25) is 4.99 Å². The van der Waals surface area contributed by atoms with Gasteiger partial charge in [0.05, 0.1) is 30.3 Å². The van der Waals surface area contributed by atoms with E-state index in [1.165, 1.54) is 4.57 Å². The maximum Gasteiger partial charge on any atom is 0.419 e. The van der Waals surface area contributed by atoms with E-state index >= 15 is 0 Å². The average molecular weight is 523 g/mol. The van der Waals surface area contributed by atoms with Gasteiger partial charge in [0.15, 0.2) is 9.84 Å². The SMILES string of the molecule is CCOC(=O)c1c(-c2ccc(CS(C)(=O)=O)c(Cl)c2)c2c(n1C(=O)OC(C)(C)C)C(C(C)C)=NC2. The molecular formula is C25H31ClN2O6S. The van der Waals surface area contributed by atoms with Crippen LogP contribution in [0.2, 0.25) is 5.02 Å². The van der Waals surface area contributed by atoms with Gasteiger partial charge in [0.25, 0.3) is 0 Å². The van der Waals surface area contributed by atoms with Crippen LogP contribution in [0.4, 0.5) is 4.79 Å². The first-order valence-electron chi connectivity index (χ1n) is 11.3. The summed E-state index contributed by atoms with van der Waals surface area (Å²) >= 11 is 6.46. The Hall–Kier alpha value is -2.65. The Morgan fingerprint density at radius 3 is 2.40 bits per heavy atom. The first-order chi connectivity index (χ1) is 16.1. The lowest BCUT2D eigenvalue weighted by Gasteiger charge is -2.22. The summed E-state index contributed by atoms with van der Waals surface area (Å²) in [5.41, 5.74) is 2.58. The number of carbonyl (C=O) groups is 2. The number of benzene rings is 1. The van der Waals surface area contributed by atoms with Crippen LogP contribution >= 0.6 is 11.6 Å². The fourth-order valence-corrected chi connectivity index (χ4v) is 5.18. The normalized spacial score (nSPS) is 13.6. The highest BCUT2D eigenvalue weighted by Crippen LogP contribution is 2.40. The van der Waals surface area contributed by atoms with Gasteiger partial charge in [0.2, 0.25) is 0 Å². The van der Waals surface area contributed by atoms with Crippen molar-refractivity contribution in [1.82, 2.24) is 4.57 Å². The lowest BCUT2D eigenvalue weighted by Crippen LogP contribution is -2.31. The summed E-state index contributed by atoms with van der Waals surface area (Å²) in [7, 11) is -3.30. The molecule has 3 rings (SSSR count). The summed E-state index contributed by atoms with van der Waals surface area (Å²) < 4.78 is 35.8. The second-order valence-electron chi connectivity index (χ2n) is 9.82. The molecule has 0 radical (unpaired) electrons. The lowest BCUT2D eigenvalue weighted by atomic mass is 9.97. The monoisotopic (exact) mass is 522 g/mol. The molecule has 2 heterocycles. The average Bonchev–Trinajstić information content (AvgIpc) is 3.25. The van der Waals surface area contributed by atoms with E-state index in [9.17, 15) is 18.0 Å². The zero-order valence-electron chi connectivity index (χ0n) is 21.1. The number of carbonyl (C=O) groups excluding carboxylic acids is 2. The molecule has 2 aromatic rings. The number of fused-ring (bicyclic) bond motifs is 1. The van der Waals surface area contributed by atoms with Crippen LogP contribution < -0.4 is 0 Å². The standard InChI is InChI=1S/C25H31ClN2O6S/c1-8-33-23(29)22-19(15-9-10-16(18(26)11-15)13-35(7,31)32)17-12-27-20(14(2)3)21(17)28(22)24(30)34-25(4,5)6/h9-11,14H,8,12-13H2,1-7H3. The molecule has 0 N–H and O–H groups in total. The molecule has 0 amide bonds. The zero-order chi connectivity index (χ0) is 26.3. The molecule has 0 unspecified atom stereocenters. The number of aromatic nitrogens is 1. The minimum atomic E-state index is -3.30. The van der Waals surface area contributed by atoms with E-state index in [0.29, 0.717) is 33.7 Å². The first kappa shape index (κ1) is 26.9. The maximum absolute atomic E-state index is 13.4. The number of nitrogens with zero attached hydrogens (tertiary/aromatic N) is 2.